The van der Waals surface area contributed by atoms with Gasteiger partial charge in [-0.15, -0.1) is 0 Å². The summed E-state index contributed by atoms with van der Waals surface area (Å²) in [6.45, 7) is 2.33. The molecule has 0 aliphatic rings. The number of carbonyl (C=O) groups excluding carboxylic acids is 1. The van der Waals surface area contributed by atoms with Gasteiger partial charge >= 0.3 is 5.69 Å². The fraction of sp³-hybridized carbons (Fsp3) is 0.150. The normalized spacial score (nSPS) is 11.1. The Kier molecular flexibility index (Phi) is 4.52. The Morgan fingerprint density at radius 2 is 1.93 bits per heavy atom. The molecule has 28 heavy (non-hydrogen) atoms. The number of halogens is 1. The largest absolute Gasteiger partial charge is 0.349 e. The van der Waals surface area contributed by atoms with Gasteiger partial charge in [0.2, 0.25) is 0 Å². The maximum Gasteiger partial charge on any atom is 0.326 e. The van der Waals surface area contributed by atoms with E-state index in [4.69, 9.17) is 0 Å². The molecule has 142 valence electrons. The van der Waals surface area contributed by atoms with E-state index >= 15 is 0 Å². The summed E-state index contributed by atoms with van der Waals surface area (Å²) in [5.74, 6) is -0.801. The van der Waals surface area contributed by atoms with E-state index in [-0.39, 0.29) is 29.5 Å². The van der Waals surface area contributed by atoms with Gasteiger partial charge in [-0.2, -0.15) is 5.10 Å². The van der Waals surface area contributed by atoms with Crippen molar-refractivity contribution in [1.29, 1.82) is 0 Å². The molecular formula is C20H18FN5O2. The van der Waals surface area contributed by atoms with Crippen LogP contribution in [-0.2, 0) is 6.54 Å². The average Bonchev–Trinajstić information content (AvgIpc) is 3.22. The highest BCUT2D eigenvalue weighted by molar-refractivity contribution is 5.92. The summed E-state index contributed by atoms with van der Waals surface area (Å²) in [4.78, 5) is 27.3. The number of aromatic amines is 1. The molecule has 4 rings (SSSR count). The zero-order valence-electron chi connectivity index (χ0n) is 15.1. The van der Waals surface area contributed by atoms with Crippen LogP contribution in [0.5, 0.6) is 0 Å². The molecule has 0 unspecified atom stereocenters. The number of imidazole rings is 1. The second kappa shape index (κ2) is 7.15. The van der Waals surface area contributed by atoms with Crippen molar-refractivity contribution in [2.75, 3.05) is 6.54 Å². The molecule has 0 aliphatic carbocycles. The van der Waals surface area contributed by atoms with Crippen LogP contribution in [0.4, 0.5) is 4.39 Å². The van der Waals surface area contributed by atoms with Gasteiger partial charge in [0.1, 0.15) is 11.5 Å². The first kappa shape index (κ1) is 17.7. The molecule has 1 amide bonds. The van der Waals surface area contributed by atoms with Crippen molar-refractivity contribution < 1.29 is 9.18 Å². The van der Waals surface area contributed by atoms with Crippen LogP contribution < -0.4 is 11.0 Å². The third-order valence-corrected chi connectivity index (χ3v) is 4.50. The fourth-order valence-electron chi connectivity index (χ4n) is 3.15. The lowest BCUT2D eigenvalue weighted by atomic mass is 10.3. The number of nitrogens with one attached hydrogen (secondary N) is 2. The maximum absolute atomic E-state index is 14.0. The molecule has 0 saturated heterocycles. The van der Waals surface area contributed by atoms with Crippen LogP contribution in [0.15, 0.2) is 59.4 Å². The SMILES string of the molecule is Cc1cc(C(=O)NCCn2c(=O)[nH]c3ccccc32)nn1-c1ccccc1F. The molecule has 0 bridgehead atoms. The summed E-state index contributed by atoms with van der Waals surface area (Å²) in [6, 6.07) is 15.2. The number of rotatable bonds is 5. The summed E-state index contributed by atoms with van der Waals surface area (Å²) in [5.41, 5.74) is 2.41. The molecule has 8 heteroatoms. The summed E-state index contributed by atoms with van der Waals surface area (Å²) < 4.78 is 17.0. The minimum Gasteiger partial charge on any atom is -0.349 e. The smallest absolute Gasteiger partial charge is 0.326 e. The quantitative estimate of drug-likeness (QED) is 0.558. The Balaban J connectivity index is 1.47. The molecular weight excluding hydrogens is 361 g/mol. The molecule has 0 spiro atoms. The third kappa shape index (κ3) is 3.20. The lowest BCUT2D eigenvalue weighted by Crippen LogP contribution is -2.30. The van der Waals surface area contributed by atoms with Crippen LogP contribution in [0.2, 0.25) is 0 Å². The Labute approximate surface area is 159 Å². The van der Waals surface area contributed by atoms with Gasteiger partial charge in [-0.1, -0.05) is 24.3 Å². The van der Waals surface area contributed by atoms with E-state index in [0.717, 1.165) is 11.0 Å². The first-order valence-electron chi connectivity index (χ1n) is 8.82. The first-order chi connectivity index (χ1) is 13.5. The van der Waals surface area contributed by atoms with Gasteiger partial charge in [0.15, 0.2) is 5.69 Å². The van der Waals surface area contributed by atoms with Crippen LogP contribution in [0.25, 0.3) is 16.7 Å². The third-order valence-electron chi connectivity index (χ3n) is 4.50. The highest BCUT2D eigenvalue weighted by atomic mass is 19.1. The van der Waals surface area contributed by atoms with E-state index in [9.17, 15) is 14.0 Å². The number of H-pyrrole nitrogens is 1. The number of para-hydroxylation sites is 3. The molecule has 0 atom stereocenters. The van der Waals surface area contributed by atoms with Crippen LogP contribution in [0, 0.1) is 12.7 Å². The Hall–Kier alpha value is -3.68. The van der Waals surface area contributed by atoms with Gasteiger partial charge < -0.3 is 10.3 Å². The van der Waals surface area contributed by atoms with E-state index in [1.54, 1.807) is 35.8 Å². The summed E-state index contributed by atoms with van der Waals surface area (Å²) in [6.07, 6.45) is 0. The van der Waals surface area contributed by atoms with Crippen molar-refractivity contribution in [3.05, 3.63) is 82.3 Å². The molecule has 2 heterocycles. The second-order valence-electron chi connectivity index (χ2n) is 6.39. The highest BCUT2D eigenvalue weighted by Gasteiger charge is 2.15. The summed E-state index contributed by atoms with van der Waals surface area (Å²) >= 11 is 0. The van der Waals surface area contributed by atoms with Crippen molar-refractivity contribution in [3.8, 4) is 5.69 Å². The number of amides is 1. The number of hydrogen-bond acceptors (Lipinski definition) is 3. The van der Waals surface area contributed by atoms with Crippen molar-refractivity contribution in [2.24, 2.45) is 0 Å². The van der Waals surface area contributed by atoms with Gasteiger partial charge in [0.25, 0.3) is 5.91 Å². The van der Waals surface area contributed by atoms with Crippen molar-refractivity contribution in [2.45, 2.75) is 13.5 Å². The summed E-state index contributed by atoms with van der Waals surface area (Å²) in [5, 5.41) is 6.97. The predicted molar refractivity (Wildman–Crippen MR) is 103 cm³/mol. The van der Waals surface area contributed by atoms with Crippen molar-refractivity contribution in [3.63, 3.8) is 0 Å². The molecule has 0 saturated carbocycles. The lowest BCUT2D eigenvalue weighted by molar-refractivity contribution is 0.0947. The number of aromatic nitrogens is 4. The number of hydrogen-bond donors (Lipinski definition) is 2. The zero-order valence-corrected chi connectivity index (χ0v) is 15.1. The van der Waals surface area contributed by atoms with Crippen LogP contribution in [0.3, 0.4) is 0 Å². The van der Waals surface area contributed by atoms with Crippen LogP contribution in [0.1, 0.15) is 16.2 Å². The number of fused-ring (bicyclic) bond motifs is 1. The maximum atomic E-state index is 14.0. The van der Waals surface area contributed by atoms with Crippen LogP contribution >= 0.6 is 0 Å². The molecule has 7 nitrogen and oxygen atoms in total. The fourth-order valence-corrected chi connectivity index (χ4v) is 3.15. The van der Waals surface area contributed by atoms with Crippen molar-refractivity contribution in [1.82, 2.24) is 24.6 Å². The van der Waals surface area contributed by atoms with E-state index in [0.29, 0.717) is 12.2 Å². The molecule has 4 aromatic rings. The average molecular weight is 379 g/mol. The monoisotopic (exact) mass is 379 g/mol. The molecule has 2 aromatic heterocycles. The molecule has 0 fully saturated rings. The number of carbonyl (C=O) groups is 1. The lowest BCUT2D eigenvalue weighted by Gasteiger charge is -2.06. The first-order valence-corrected chi connectivity index (χ1v) is 8.82. The zero-order chi connectivity index (χ0) is 19.7. The van der Waals surface area contributed by atoms with Crippen molar-refractivity contribution >= 4 is 16.9 Å². The minimum atomic E-state index is -0.417. The second-order valence-corrected chi connectivity index (χ2v) is 6.39. The Morgan fingerprint density at radius 1 is 1.18 bits per heavy atom. The van der Waals surface area contributed by atoms with Gasteiger partial charge in [-0.3, -0.25) is 9.36 Å². The van der Waals surface area contributed by atoms with Gasteiger partial charge in [-0.25, -0.2) is 13.9 Å². The van der Waals surface area contributed by atoms with E-state index in [1.165, 1.54) is 10.7 Å². The van der Waals surface area contributed by atoms with Gasteiger partial charge in [0, 0.05) is 18.8 Å². The molecule has 2 N–H and O–H groups in total. The molecule has 0 aliphatic heterocycles. The Bertz CT molecular complexity index is 1220. The predicted octanol–water partition coefficient (Wildman–Crippen LogP) is 2.39. The summed E-state index contributed by atoms with van der Waals surface area (Å²) in [7, 11) is 0. The van der Waals surface area contributed by atoms with E-state index < -0.39 is 5.82 Å². The Morgan fingerprint density at radius 3 is 2.75 bits per heavy atom. The minimum absolute atomic E-state index is 0.187. The van der Waals surface area contributed by atoms with Crippen LogP contribution in [-0.4, -0.2) is 31.8 Å². The van der Waals surface area contributed by atoms with Gasteiger partial charge in [0.05, 0.1) is 11.0 Å². The molecule has 0 radical (unpaired) electrons. The highest BCUT2D eigenvalue weighted by Crippen LogP contribution is 2.15. The topological polar surface area (TPSA) is 84.7 Å². The number of benzene rings is 2. The standard InChI is InChI=1S/C20H18FN5O2/c1-13-12-16(24-26(13)17-8-4-2-6-14(17)21)19(27)22-10-11-25-18-9-5-3-7-15(18)23-20(25)28/h2-9,12H,10-11H2,1H3,(H,22,27)(H,23,28). The van der Waals surface area contributed by atoms with E-state index in [2.05, 4.69) is 15.4 Å². The van der Waals surface area contributed by atoms with E-state index in [1.807, 2.05) is 24.3 Å². The molecule has 2 aromatic carbocycles. The van der Waals surface area contributed by atoms with Gasteiger partial charge in [-0.05, 0) is 37.3 Å². The number of nitrogens with zero attached hydrogens (tertiary/aromatic N) is 3. The number of aryl methyl sites for hydroxylation is 1.